The number of carbonyl (C=O) groups excluding carboxylic acids is 1. The van der Waals surface area contributed by atoms with Gasteiger partial charge in [0.25, 0.3) is 5.91 Å². The van der Waals surface area contributed by atoms with Crippen LogP contribution in [-0.4, -0.2) is 22.6 Å². The van der Waals surface area contributed by atoms with E-state index >= 15 is 0 Å². The molecule has 0 aliphatic carbocycles. The monoisotopic (exact) mass is 405 g/mol. The number of hydrogen-bond donors (Lipinski definition) is 1. The van der Waals surface area contributed by atoms with Crippen LogP contribution in [0, 0.1) is 0 Å². The summed E-state index contributed by atoms with van der Waals surface area (Å²) in [5, 5.41) is 4.88. The van der Waals surface area contributed by atoms with Crippen LogP contribution in [0.5, 0.6) is 5.75 Å². The number of aromatic nitrogens is 2. The molecule has 0 radical (unpaired) electrons. The topological polar surface area (TPSA) is 56.1 Å². The van der Waals surface area contributed by atoms with Gasteiger partial charge < -0.3 is 14.6 Å². The summed E-state index contributed by atoms with van der Waals surface area (Å²) in [6.07, 6.45) is 3.57. The molecule has 1 amide bonds. The molecule has 0 aliphatic rings. The van der Waals surface area contributed by atoms with Crippen molar-refractivity contribution >= 4 is 33.2 Å². The van der Waals surface area contributed by atoms with E-state index in [1.165, 1.54) is 11.3 Å². The minimum atomic E-state index is -0.410. The second-order valence-electron chi connectivity index (χ2n) is 5.18. The van der Waals surface area contributed by atoms with E-state index in [-0.39, 0.29) is 5.91 Å². The number of carbonyl (C=O) groups is 1. The van der Waals surface area contributed by atoms with Gasteiger partial charge in [-0.1, -0.05) is 18.2 Å². The molecule has 1 aromatic carbocycles. The second kappa shape index (κ2) is 7.19. The third-order valence-corrected chi connectivity index (χ3v) is 5.18. The number of ether oxygens (including phenoxy) is 1. The van der Waals surface area contributed by atoms with Crippen LogP contribution in [0.25, 0.3) is 0 Å². The molecule has 3 aromatic rings. The van der Waals surface area contributed by atoms with Crippen LogP contribution < -0.4 is 10.1 Å². The van der Waals surface area contributed by atoms with E-state index in [4.69, 9.17) is 4.74 Å². The Hall–Kier alpha value is -2.12. The number of para-hydroxylation sites is 1. The summed E-state index contributed by atoms with van der Waals surface area (Å²) in [4.78, 5) is 17.1. The van der Waals surface area contributed by atoms with Crippen molar-refractivity contribution in [2.45, 2.75) is 6.04 Å². The number of imidazole rings is 1. The molecule has 0 aliphatic heterocycles. The Labute approximate surface area is 152 Å². The normalized spacial score (nSPS) is 12.0. The number of halogens is 1. The highest BCUT2D eigenvalue weighted by atomic mass is 79.9. The van der Waals surface area contributed by atoms with Crippen LogP contribution in [0.2, 0.25) is 0 Å². The standard InChI is InChI=1S/C17H16BrN3O2S/c1-21-8-7-19-16(21)15(12-5-3-4-6-13(12)23-2)20-17(22)11-9-14(18)24-10-11/h3-10,15H,1-2H3,(H,20,22)/t15-/m1/s1. The average Bonchev–Trinajstić information content (AvgIpc) is 3.21. The van der Waals surface area contributed by atoms with Crippen LogP contribution in [0.4, 0.5) is 0 Å². The maximum Gasteiger partial charge on any atom is 0.253 e. The Morgan fingerprint density at radius 1 is 1.42 bits per heavy atom. The van der Waals surface area contributed by atoms with Crippen LogP contribution in [0.3, 0.4) is 0 Å². The predicted octanol–water partition coefficient (Wildman–Crippen LogP) is 3.77. The molecule has 24 heavy (non-hydrogen) atoms. The fourth-order valence-corrected chi connectivity index (χ4v) is 3.62. The lowest BCUT2D eigenvalue weighted by molar-refractivity contribution is 0.0941. The molecule has 0 bridgehead atoms. The van der Waals surface area contributed by atoms with Crippen molar-refractivity contribution in [2.24, 2.45) is 7.05 Å². The lowest BCUT2D eigenvalue weighted by atomic mass is 10.0. The SMILES string of the molecule is COc1ccccc1[C@@H](NC(=O)c1csc(Br)c1)c1nccn1C. The number of rotatable bonds is 5. The first-order valence-electron chi connectivity index (χ1n) is 7.25. The van der Waals surface area contributed by atoms with Crippen LogP contribution in [-0.2, 0) is 7.05 Å². The van der Waals surface area contributed by atoms with Gasteiger partial charge in [0, 0.05) is 30.4 Å². The first kappa shape index (κ1) is 16.7. The predicted molar refractivity (Wildman–Crippen MR) is 97.5 cm³/mol. The van der Waals surface area contributed by atoms with Gasteiger partial charge in [0.15, 0.2) is 0 Å². The summed E-state index contributed by atoms with van der Waals surface area (Å²) in [5.74, 6) is 1.29. The highest BCUT2D eigenvalue weighted by Crippen LogP contribution is 2.30. The number of benzene rings is 1. The number of aryl methyl sites for hydroxylation is 1. The molecule has 1 N–H and O–H groups in total. The first-order chi connectivity index (χ1) is 11.6. The Kier molecular flexibility index (Phi) is 5.01. The van der Waals surface area contributed by atoms with Gasteiger partial charge in [-0.05, 0) is 28.1 Å². The Morgan fingerprint density at radius 3 is 2.83 bits per heavy atom. The third kappa shape index (κ3) is 3.37. The zero-order valence-electron chi connectivity index (χ0n) is 13.2. The van der Waals surface area contributed by atoms with E-state index in [0.717, 1.165) is 15.2 Å². The molecule has 0 spiro atoms. The fraction of sp³-hybridized carbons (Fsp3) is 0.176. The highest BCUT2D eigenvalue weighted by molar-refractivity contribution is 9.11. The van der Waals surface area contributed by atoms with Crippen LogP contribution in [0.1, 0.15) is 27.8 Å². The van der Waals surface area contributed by atoms with Crippen molar-refractivity contribution in [3.8, 4) is 5.75 Å². The smallest absolute Gasteiger partial charge is 0.253 e. The van der Waals surface area contributed by atoms with Crippen molar-refractivity contribution in [3.63, 3.8) is 0 Å². The quantitative estimate of drug-likeness (QED) is 0.702. The van der Waals surface area contributed by atoms with Crippen LogP contribution >= 0.6 is 27.3 Å². The van der Waals surface area contributed by atoms with Crippen molar-refractivity contribution in [1.29, 1.82) is 0 Å². The Morgan fingerprint density at radius 2 is 2.21 bits per heavy atom. The van der Waals surface area contributed by atoms with E-state index in [2.05, 4.69) is 26.2 Å². The lowest BCUT2D eigenvalue weighted by Gasteiger charge is -2.21. The summed E-state index contributed by atoms with van der Waals surface area (Å²) in [6, 6.07) is 9.02. The highest BCUT2D eigenvalue weighted by Gasteiger charge is 2.24. The second-order valence-corrected chi connectivity index (χ2v) is 7.47. The van der Waals surface area contributed by atoms with Crippen molar-refractivity contribution < 1.29 is 9.53 Å². The fourth-order valence-electron chi connectivity index (χ4n) is 2.49. The van der Waals surface area contributed by atoms with E-state index in [0.29, 0.717) is 11.3 Å². The van der Waals surface area contributed by atoms with Gasteiger partial charge in [-0.3, -0.25) is 4.79 Å². The number of methoxy groups -OCH3 is 1. The first-order valence-corrected chi connectivity index (χ1v) is 8.92. The average molecular weight is 406 g/mol. The van der Waals surface area contributed by atoms with Crippen molar-refractivity contribution in [1.82, 2.24) is 14.9 Å². The minimum absolute atomic E-state index is 0.157. The van der Waals surface area contributed by atoms with Gasteiger partial charge in [-0.15, -0.1) is 11.3 Å². The number of thiophene rings is 1. The van der Waals surface area contributed by atoms with Gasteiger partial charge in [0.1, 0.15) is 17.6 Å². The molecule has 1 atom stereocenters. The molecule has 7 heteroatoms. The zero-order chi connectivity index (χ0) is 17.1. The van der Waals surface area contributed by atoms with Crippen molar-refractivity contribution in [2.75, 3.05) is 7.11 Å². The lowest BCUT2D eigenvalue weighted by Crippen LogP contribution is -2.31. The molecule has 2 aromatic heterocycles. The molecule has 3 rings (SSSR count). The van der Waals surface area contributed by atoms with E-state index < -0.39 is 6.04 Å². The summed E-state index contributed by atoms with van der Waals surface area (Å²) >= 11 is 4.86. The minimum Gasteiger partial charge on any atom is -0.496 e. The number of nitrogens with one attached hydrogen (secondary N) is 1. The number of hydrogen-bond acceptors (Lipinski definition) is 4. The van der Waals surface area contributed by atoms with Gasteiger partial charge in [0.2, 0.25) is 0 Å². The van der Waals surface area contributed by atoms with Gasteiger partial charge >= 0.3 is 0 Å². The molecule has 0 saturated carbocycles. The molecule has 0 unspecified atom stereocenters. The maximum atomic E-state index is 12.6. The van der Waals surface area contributed by atoms with Gasteiger partial charge in [-0.25, -0.2) is 4.98 Å². The van der Waals surface area contributed by atoms with Gasteiger partial charge in [-0.2, -0.15) is 0 Å². The summed E-state index contributed by atoms with van der Waals surface area (Å²) in [6.45, 7) is 0. The largest absolute Gasteiger partial charge is 0.496 e. The molecule has 5 nitrogen and oxygen atoms in total. The van der Waals surface area contributed by atoms with Crippen LogP contribution in [0.15, 0.2) is 51.9 Å². The molecular weight excluding hydrogens is 390 g/mol. The molecule has 0 saturated heterocycles. The number of amides is 1. The zero-order valence-corrected chi connectivity index (χ0v) is 15.6. The molecule has 124 valence electrons. The van der Waals surface area contributed by atoms with E-state index in [1.54, 1.807) is 19.4 Å². The Bertz CT molecular complexity index is 859. The summed E-state index contributed by atoms with van der Waals surface area (Å²) in [5.41, 5.74) is 1.47. The summed E-state index contributed by atoms with van der Waals surface area (Å²) < 4.78 is 8.27. The molecular formula is C17H16BrN3O2S. The maximum absolute atomic E-state index is 12.6. The molecule has 0 fully saturated rings. The number of nitrogens with zero attached hydrogens (tertiary/aromatic N) is 2. The third-order valence-electron chi connectivity index (χ3n) is 3.67. The molecule has 2 heterocycles. The Balaban J connectivity index is 2.00. The van der Waals surface area contributed by atoms with E-state index in [9.17, 15) is 4.79 Å². The summed E-state index contributed by atoms with van der Waals surface area (Å²) in [7, 11) is 3.52. The van der Waals surface area contributed by atoms with Crippen molar-refractivity contribution in [3.05, 3.63) is 68.8 Å². The van der Waals surface area contributed by atoms with Gasteiger partial charge in [0.05, 0.1) is 16.5 Å². The van der Waals surface area contributed by atoms with E-state index in [1.807, 2.05) is 47.5 Å².